The van der Waals surface area contributed by atoms with Crippen LogP contribution in [0.4, 0.5) is 5.69 Å². The number of rotatable bonds is 31. The van der Waals surface area contributed by atoms with E-state index in [2.05, 4.69) is 17.6 Å². The van der Waals surface area contributed by atoms with Crippen LogP contribution in [0.5, 0.6) is 0 Å². The minimum Gasteiger partial charge on any atom is -0.382 e. The smallest absolute Gasteiger partial charge is 0.264 e. The average molecular weight is 702 g/mol. The van der Waals surface area contributed by atoms with Gasteiger partial charge in [-0.2, -0.15) is 0 Å². The topological polar surface area (TPSA) is 132 Å². The molecular formula is C39H63N3O8. The Balaban J connectivity index is 1.06. The Labute approximate surface area is 299 Å². The molecule has 11 heteroatoms. The van der Waals surface area contributed by atoms with Gasteiger partial charge in [-0.05, 0) is 25.0 Å². The van der Waals surface area contributed by atoms with Gasteiger partial charge in [0.05, 0.1) is 57.4 Å². The van der Waals surface area contributed by atoms with Crippen LogP contribution in [-0.4, -0.2) is 94.0 Å². The predicted molar refractivity (Wildman–Crippen MR) is 194 cm³/mol. The maximum atomic E-state index is 13.2. The van der Waals surface area contributed by atoms with E-state index in [9.17, 15) is 19.2 Å². The molecule has 11 nitrogen and oxygen atoms in total. The second kappa shape index (κ2) is 26.0. The molecule has 1 fully saturated rings. The van der Waals surface area contributed by atoms with Gasteiger partial charge in [0.25, 0.3) is 11.8 Å². The summed E-state index contributed by atoms with van der Waals surface area (Å²) in [6.45, 7) is 6.88. The lowest BCUT2D eigenvalue weighted by Crippen LogP contribution is -2.54. The van der Waals surface area contributed by atoms with Crippen LogP contribution < -0.4 is 10.6 Å². The molecule has 0 bridgehead atoms. The number of imide groups is 2. The Morgan fingerprint density at radius 2 is 1.14 bits per heavy atom. The summed E-state index contributed by atoms with van der Waals surface area (Å²) in [5.41, 5.74) is 0.973. The molecule has 2 heterocycles. The average Bonchev–Trinajstić information content (AvgIpc) is 3.36. The number of unbranched alkanes of at least 4 members (excludes halogenated alkanes) is 15. The van der Waals surface area contributed by atoms with Crippen LogP contribution in [0.3, 0.4) is 0 Å². The zero-order valence-corrected chi connectivity index (χ0v) is 30.6. The molecular weight excluding hydrogens is 638 g/mol. The largest absolute Gasteiger partial charge is 0.382 e. The summed E-state index contributed by atoms with van der Waals surface area (Å²) >= 11 is 0. The van der Waals surface area contributed by atoms with Crippen LogP contribution in [0, 0.1) is 0 Å². The standard InChI is InChI=1S/C39H63N3O8/c1-2-3-4-5-6-7-8-9-10-11-12-13-14-15-16-17-24-47-26-28-49-30-31-50-29-27-48-25-23-40-33-20-18-19-32-36(33)39(46)42(38(32)45)34-21-22-35(43)41-37(34)44/h18-20,34,40H,2-17,21-31H2,1H3,(H,41,43,44). The van der Waals surface area contributed by atoms with E-state index in [1.165, 1.54) is 96.3 Å². The number of carbonyl (C=O) groups is 4. The summed E-state index contributed by atoms with van der Waals surface area (Å²) in [4.78, 5) is 50.9. The van der Waals surface area contributed by atoms with Crippen LogP contribution in [0.25, 0.3) is 0 Å². The molecule has 0 saturated carbocycles. The monoisotopic (exact) mass is 701 g/mol. The first-order chi connectivity index (χ1) is 24.5. The fourth-order valence-electron chi connectivity index (χ4n) is 6.43. The zero-order valence-electron chi connectivity index (χ0n) is 30.6. The van der Waals surface area contributed by atoms with Gasteiger partial charge in [-0.3, -0.25) is 29.4 Å². The van der Waals surface area contributed by atoms with E-state index < -0.39 is 29.7 Å². The summed E-state index contributed by atoms with van der Waals surface area (Å²) < 4.78 is 22.4. The van der Waals surface area contributed by atoms with Crippen molar-refractivity contribution in [1.29, 1.82) is 0 Å². The normalized spacial score (nSPS) is 15.9. The first-order valence-electron chi connectivity index (χ1n) is 19.4. The van der Waals surface area contributed by atoms with Crippen molar-refractivity contribution < 1.29 is 38.1 Å². The number of fused-ring (bicyclic) bond motifs is 1. The molecule has 282 valence electrons. The Kier molecular flexibility index (Phi) is 21.6. The molecule has 1 aromatic carbocycles. The number of amides is 4. The van der Waals surface area contributed by atoms with Crippen LogP contribution in [0.2, 0.25) is 0 Å². The second-order valence-corrected chi connectivity index (χ2v) is 13.4. The molecule has 2 aliphatic rings. The quantitative estimate of drug-likeness (QED) is 0.0632. The lowest BCUT2D eigenvalue weighted by Gasteiger charge is -2.27. The molecule has 1 aromatic rings. The maximum absolute atomic E-state index is 13.2. The number of piperidine rings is 1. The van der Waals surface area contributed by atoms with Gasteiger partial charge in [0.15, 0.2) is 0 Å². The highest BCUT2D eigenvalue weighted by molar-refractivity contribution is 6.25. The van der Waals surface area contributed by atoms with E-state index in [0.717, 1.165) is 17.9 Å². The van der Waals surface area contributed by atoms with Gasteiger partial charge in [0, 0.05) is 25.3 Å². The van der Waals surface area contributed by atoms with E-state index in [1.54, 1.807) is 18.2 Å². The molecule has 0 aromatic heterocycles. The van der Waals surface area contributed by atoms with Crippen molar-refractivity contribution in [1.82, 2.24) is 10.2 Å². The Bertz CT molecular complexity index is 1150. The van der Waals surface area contributed by atoms with Gasteiger partial charge >= 0.3 is 0 Å². The molecule has 0 radical (unpaired) electrons. The number of hydrogen-bond acceptors (Lipinski definition) is 9. The van der Waals surface area contributed by atoms with Gasteiger partial charge in [-0.25, -0.2) is 0 Å². The highest BCUT2D eigenvalue weighted by atomic mass is 16.6. The summed E-state index contributed by atoms with van der Waals surface area (Å²) in [7, 11) is 0. The Morgan fingerprint density at radius 1 is 0.640 bits per heavy atom. The van der Waals surface area contributed by atoms with Crippen LogP contribution in [0.1, 0.15) is 143 Å². The lowest BCUT2D eigenvalue weighted by atomic mass is 10.0. The highest BCUT2D eigenvalue weighted by Gasteiger charge is 2.45. The molecule has 1 atom stereocenters. The number of nitrogens with zero attached hydrogens (tertiary/aromatic N) is 1. The molecule has 2 N–H and O–H groups in total. The third-order valence-electron chi connectivity index (χ3n) is 9.29. The number of nitrogens with one attached hydrogen (secondary N) is 2. The molecule has 3 rings (SSSR count). The van der Waals surface area contributed by atoms with Crippen LogP contribution in [0.15, 0.2) is 18.2 Å². The van der Waals surface area contributed by atoms with Crippen LogP contribution >= 0.6 is 0 Å². The van der Waals surface area contributed by atoms with Gasteiger partial charge < -0.3 is 24.3 Å². The third kappa shape index (κ3) is 15.6. The van der Waals surface area contributed by atoms with Crippen molar-refractivity contribution in [2.45, 2.75) is 129 Å². The fourth-order valence-corrected chi connectivity index (χ4v) is 6.43. The molecule has 2 aliphatic heterocycles. The van der Waals surface area contributed by atoms with Crippen molar-refractivity contribution in [2.24, 2.45) is 0 Å². The summed E-state index contributed by atoms with van der Waals surface area (Å²) in [5, 5.41) is 5.37. The molecule has 4 amide bonds. The molecule has 50 heavy (non-hydrogen) atoms. The summed E-state index contributed by atoms with van der Waals surface area (Å²) in [5.74, 6) is -2.10. The number of benzene rings is 1. The van der Waals surface area contributed by atoms with Crippen molar-refractivity contribution in [3.63, 3.8) is 0 Å². The van der Waals surface area contributed by atoms with E-state index in [0.29, 0.717) is 58.5 Å². The van der Waals surface area contributed by atoms with E-state index in [1.807, 2.05) is 0 Å². The van der Waals surface area contributed by atoms with Crippen molar-refractivity contribution >= 4 is 29.3 Å². The first kappa shape index (κ1) is 41.6. The zero-order chi connectivity index (χ0) is 35.7. The van der Waals surface area contributed by atoms with Gasteiger partial charge in [0.1, 0.15) is 6.04 Å². The number of anilines is 1. The minimum atomic E-state index is -0.992. The lowest BCUT2D eigenvalue weighted by molar-refractivity contribution is -0.136. The summed E-state index contributed by atoms with van der Waals surface area (Å²) in [6.07, 6.45) is 22.1. The summed E-state index contributed by atoms with van der Waals surface area (Å²) in [6, 6.07) is 3.98. The molecule has 0 aliphatic carbocycles. The third-order valence-corrected chi connectivity index (χ3v) is 9.29. The van der Waals surface area contributed by atoms with E-state index in [-0.39, 0.29) is 24.0 Å². The number of hydrogen-bond donors (Lipinski definition) is 2. The SMILES string of the molecule is CCCCCCCCCCCCCCCCCCOCCOCCOCCOCCNc1cccc2c1C(=O)N(C1CCC(=O)NC1=O)C2=O. The number of carbonyl (C=O) groups excluding carboxylic acids is 4. The van der Waals surface area contributed by atoms with Crippen molar-refractivity contribution in [3.8, 4) is 0 Å². The molecule has 1 saturated heterocycles. The van der Waals surface area contributed by atoms with Crippen molar-refractivity contribution in [3.05, 3.63) is 29.3 Å². The first-order valence-corrected chi connectivity index (χ1v) is 19.4. The predicted octanol–water partition coefficient (Wildman–Crippen LogP) is 6.83. The van der Waals surface area contributed by atoms with Gasteiger partial charge in [-0.1, -0.05) is 109 Å². The van der Waals surface area contributed by atoms with E-state index in [4.69, 9.17) is 18.9 Å². The van der Waals surface area contributed by atoms with Gasteiger partial charge in [0.2, 0.25) is 11.8 Å². The minimum absolute atomic E-state index is 0.0810. The Morgan fingerprint density at radius 3 is 1.68 bits per heavy atom. The fraction of sp³-hybridized carbons (Fsp3) is 0.744. The van der Waals surface area contributed by atoms with Gasteiger partial charge in [-0.15, -0.1) is 0 Å². The molecule has 1 unspecified atom stereocenters. The second-order valence-electron chi connectivity index (χ2n) is 13.4. The maximum Gasteiger partial charge on any atom is 0.264 e. The van der Waals surface area contributed by atoms with E-state index >= 15 is 0 Å². The molecule has 0 spiro atoms. The highest BCUT2D eigenvalue weighted by Crippen LogP contribution is 2.32. The number of ether oxygens (including phenoxy) is 4. The van der Waals surface area contributed by atoms with Crippen LogP contribution in [-0.2, 0) is 28.5 Å². The van der Waals surface area contributed by atoms with Crippen molar-refractivity contribution in [2.75, 3.05) is 64.7 Å². The Hall–Kier alpha value is -2.86.